The average Bonchev–Trinajstić information content (AvgIpc) is 2.55. The van der Waals surface area contributed by atoms with Crippen LogP contribution < -0.4 is 15.8 Å². The molecular weight excluding hydrogens is 270 g/mol. The van der Waals surface area contributed by atoms with E-state index in [1.54, 1.807) is 7.11 Å². The lowest BCUT2D eigenvalue weighted by Gasteiger charge is -2.22. The highest BCUT2D eigenvalue weighted by atomic mass is 16.5. The molecule has 2 rings (SSSR count). The van der Waals surface area contributed by atoms with Crippen LogP contribution in [0.1, 0.15) is 24.0 Å². The normalized spacial score (nSPS) is 16.9. The predicted octanol–water partition coefficient (Wildman–Crippen LogP) is 1.31. The van der Waals surface area contributed by atoms with Crippen LogP contribution in [0.25, 0.3) is 0 Å². The zero-order chi connectivity index (χ0) is 15.1. The summed E-state index contributed by atoms with van der Waals surface area (Å²) < 4.78 is 10.6. The Bertz CT molecular complexity index is 485. The molecule has 0 spiro atoms. The van der Waals surface area contributed by atoms with Gasteiger partial charge in [-0.3, -0.25) is 0 Å². The molecule has 1 heterocycles. The fourth-order valence-corrected chi connectivity index (χ4v) is 2.49. The molecule has 0 radical (unpaired) electrons. The molecule has 21 heavy (non-hydrogen) atoms. The molecule has 1 aromatic rings. The van der Waals surface area contributed by atoms with Gasteiger partial charge in [-0.05, 0) is 43.0 Å². The van der Waals surface area contributed by atoms with E-state index in [0.717, 1.165) is 44.7 Å². The number of methoxy groups -OCH3 is 1. The number of nitrogens with one attached hydrogen (secondary N) is 1. The van der Waals surface area contributed by atoms with Gasteiger partial charge in [0.2, 0.25) is 0 Å². The predicted molar refractivity (Wildman–Crippen MR) is 80.8 cm³/mol. The monoisotopic (exact) mass is 293 g/mol. The Morgan fingerprint density at radius 2 is 2.24 bits per heavy atom. The van der Waals surface area contributed by atoms with Gasteiger partial charge in [-0.15, -0.1) is 0 Å². The van der Waals surface area contributed by atoms with E-state index in [2.05, 4.69) is 10.5 Å². The van der Waals surface area contributed by atoms with E-state index in [1.807, 2.05) is 18.2 Å². The van der Waals surface area contributed by atoms with Crippen LogP contribution in [0, 0.1) is 5.92 Å². The van der Waals surface area contributed by atoms with E-state index in [0.29, 0.717) is 17.2 Å². The molecule has 116 valence electrons. The summed E-state index contributed by atoms with van der Waals surface area (Å²) in [4.78, 5) is 0. The fourth-order valence-electron chi connectivity index (χ4n) is 2.49. The van der Waals surface area contributed by atoms with Gasteiger partial charge in [0.1, 0.15) is 5.75 Å². The Balaban J connectivity index is 1.93. The minimum Gasteiger partial charge on any atom is -0.496 e. The molecule has 0 saturated carbocycles. The number of oxime groups is 1. The number of benzene rings is 1. The third-order valence-corrected chi connectivity index (χ3v) is 3.75. The van der Waals surface area contributed by atoms with Crippen LogP contribution in [0.3, 0.4) is 0 Å². The highest BCUT2D eigenvalue weighted by Crippen LogP contribution is 2.20. The number of amidine groups is 1. The molecule has 6 heteroatoms. The largest absolute Gasteiger partial charge is 0.496 e. The smallest absolute Gasteiger partial charge is 0.173 e. The molecule has 0 aromatic heterocycles. The maximum absolute atomic E-state index is 8.83. The van der Waals surface area contributed by atoms with E-state index in [1.165, 1.54) is 0 Å². The third kappa shape index (κ3) is 4.34. The average molecular weight is 293 g/mol. The summed E-state index contributed by atoms with van der Waals surface area (Å²) >= 11 is 0. The van der Waals surface area contributed by atoms with Crippen molar-refractivity contribution in [1.29, 1.82) is 0 Å². The number of hydrogen-bond acceptors (Lipinski definition) is 5. The van der Waals surface area contributed by atoms with Crippen LogP contribution in [-0.4, -0.2) is 37.9 Å². The first-order chi connectivity index (χ1) is 10.2. The van der Waals surface area contributed by atoms with Crippen molar-refractivity contribution >= 4 is 5.84 Å². The van der Waals surface area contributed by atoms with Crippen LogP contribution in [0.5, 0.6) is 5.75 Å². The van der Waals surface area contributed by atoms with Crippen LogP contribution in [0.4, 0.5) is 0 Å². The zero-order valence-electron chi connectivity index (χ0n) is 12.3. The maximum atomic E-state index is 8.83. The maximum Gasteiger partial charge on any atom is 0.173 e. The van der Waals surface area contributed by atoms with E-state index >= 15 is 0 Å². The standard InChI is InChI=1S/C15H23N3O3/c1-20-14-3-2-12(8-13(14)15(16)18-19)10-17-9-11-4-6-21-7-5-11/h2-3,8,11,17,19H,4-7,9-10H2,1H3,(H2,16,18). The van der Waals surface area contributed by atoms with Crippen molar-refractivity contribution in [2.45, 2.75) is 19.4 Å². The molecule has 1 fully saturated rings. The minimum absolute atomic E-state index is 0.0538. The topological polar surface area (TPSA) is 89.1 Å². The number of ether oxygens (including phenoxy) is 2. The quantitative estimate of drug-likeness (QED) is 0.318. The van der Waals surface area contributed by atoms with Gasteiger partial charge in [-0.1, -0.05) is 11.2 Å². The summed E-state index contributed by atoms with van der Waals surface area (Å²) in [6, 6.07) is 5.69. The van der Waals surface area contributed by atoms with Gasteiger partial charge in [0.05, 0.1) is 12.7 Å². The second-order valence-electron chi connectivity index (χ2n) is 5.21. The van der Waals surface area contributed by atoms with E-state index in [-0.39, 0.29) is 5.84 Å². The summed E-state index contributed by atoms with van der Waals surface area (Å²) in [7, 11) is 1.56. The van der Waals surface area contributed by atoms with Crippen LogP contribution in [0.2, 0.25) is 0 Å². The number of hydrogen-bond donors (Lipinski definition) is 3. The van der Waals surface area contributed by atoms with Gasteiger partial charge in [-0.25, -0.2) is 0 Å². The van der Waals surface area contributed by atoms with Gasteiger partial charge in [-0.2, -0.15) is 0 Å². The van der Waals surface area contributed by atoms with Gasteiger partial charge >= 0.3 is 0 Å². The third-order valence-electron chi connectivity index (χ3n) is 3.75. The summed E-state index contributed by atoms with van der Waals surface area (Å²) in [5.41, 5.74) is 7.35. The van der Waals surface area contributed by atoms with Crippen molar-refractivity contribution in [1.82, 2.24) is 5.32 Å². The summed E-state index contributed by atoms with van der Waals surface area (Å²) in [6.07, 6.45) is 2.23. The SMILES string of the molecule is COc1ccc(CNCC2CCOCC2)cc1C(N)=NO. The molecule has 0 amide bonds. The zero-order valence-corrected chi connectivity index (χ0v) is 12.3. The van der Waals surface area contributed by atoms with E-state index in [9.17, 15) is 0 Å². The lowest BCUT2D eigenvalue weighted by molar-refractivity contribution is 0.0662. The Hall–Kier alpha value is -1.79. The molecule has 1 aliphatic rings. The van der Waals surface area contributed by atoms with E-state index in [4.69, 9.17) is 20.4 Å². The van der Waals surface area contributed by atoms with Crippen molar-refractivity contribution in [3.05, 3.63) is 29.3 Å². The molecule has 6 nitrogen and oxygen atoms in total. The first-order valence-electron chi connectivity index (χ1n) is 7.18. The van der Waals surface area contributed by atoms with Crippen LogP contribution >= 0.6 is 0 Å². The molecule has 1 aromatic carbocycles. The van der Waals surface area contributed by atoms with Gasteiger partial charge in [0.15, 0.2) is 5.84 Å². The number of rotatable bonds is 6. The first kappa shape index (κ1) is 15.6. The fraction of sp³-hybridized carbons (Fsp3) is 0.533. The summed E-state index contributed by atoms with van der Waals surface area (Å²) in [5.74, 6) is 1.33. The van der Waals surface area contributed by atoms with Crippen LogP contribution in [0.15, 0.2) is 23.4 Å². The number of nitrogens with zero attached hydrogens (tertiary/aromatic N) is 1. The molecule has 0 bridgehead atoms. The lowest BCUT2D eigenvalue weighted by Crippen LogP contribution is -2.27. The summed E-state index contributed by atoms with van der Waals surface area (Å²) in [6.45, 7) is 3.45. The molecule has 1 saturated heterocycles. The molecule has 0 unspecified atom stereocenters. The highest BCUT2D eigenvalue weighted by molar-refractivity contribution is 5.99. The molecule has 0 atom stereocenters. The van der Waals surface area contributed by atoms with Crippen molar-refractivity contribution < 1.29 is 14.7 Å². The summed E-state index contributed by atoms with van der Waals surface area (Å²) in [5, 5.41) is 15.3. The molecule has 0 aliphatic carbocycles. The molecule has 1 aliphatic heterocycles. The second-order valence-corrected chi connectivity index (χ2v) is 5.21. The Morgan fingerprint density at radius 3 is 2.90 bits per heavy atom. The van der Waals surface area contributed by atoms with Crippen molar-refractivity contribution in [2.75, 3.05) is 26.9 Å². The Labute approximate surface area is 124 Å². The van der Waals surface area contributed by atoms with Crippen molar-refractivity contribution in [3.63, 3.8) is 0 Å². The first-order valence-corrected chi connectivity index (χ1v) is 7.18. The van der Waals surface area contributed by atoms with Crippen molar-refractivity contribution in [3.8, 4) is 5.75 Å². The van der Waals surface area contributed by atoms with Crippen molar-refractivity contribution in [2.24, 2.45) is 16.8 Å². The Morgan fingerprint density at radius 1 is 1.48 bits per heavy atom. The van der Waals surface area contributed by atoms with Gasteiger partial charge < -0.3 is 25.7 Å². The Kier molecular flexibility index (Phi) is 5.83. The van der Waals surface area contributed by atoms with E-state index < -0.39 is 0 Å². The number of nitrogens with two attached hydrogens (primary N) is 1. The minimum atomic E-state index is 0.0538. The lowest BCUT2D eigenvalue weighted by atomic mass is 10.0. The molecule has 4 N–H and O–H groups in total. The molecular formula is C15H23N3O3. The second kappa shape index (κ2) is 7.85. The van der Waals surface area contributed by atoms with Gasteiger partial charge in [0.25, 0.3) is 0 Å². The van der Waals surface area contributed by atoms with Crippen LogP contribution in [-0.2, 0) is 11.3 Å². The highest BCUT2D eigenvalue weighted by Gasteiger charge is 2.13. The van der Waals surface area contributed by atoms with Gasteiger partial charge in [0, 0.05) is 19.8 Å².